The second-order valence-corrected chi connectivity index (χ2v) is 6.25. The lowest BCUT2D eigenvalue weighted by Gasteiger charge is -2.04. The van der Waals surface area contributed by atoms with Crippen LogP contribution in [0.3, 0.4) is 0 Å². The van der Waals surface area contributed by atoms with Crippen molar-refractivity contribution in [1.29, 1.82) is 0 Å². The highest BCUT2D eigenvalue weighted by Gasteiger charge is 2.11. The number of hydrogen-bond acceptors (Lipinski definition) is 4. The Morgan fingerprint density at radius 1 is 1.08 bits per heavy atom. The van der Waals surface area contributed by atoms with Crippen LogP contribution < -0.4 is 0 Å². The van der Waals surface area contributed by atoms with Gasteiger partial charge in [-0.15, -0.1) is 0 Å². The van der Waals surface area contributed by atoms with E-state index in [4.69, 9.17) is 12.2 Å². The Balaban J connectivity index is 1.60. The summed E-state index contributed by atoms with van der Waals surface area (Å²) in [6, 6.07) is 10.3. The smallest absolute Gasteiger partial charge is 0.200 e. The van der Waals surface area contributed by atoms with Gasteiger partial charge in [-0.3, -0.25) is 19.0 Å². The van der Waals surface area contributed by atoms with E-state index in [-0.39, 0.29) is 0 Å². The molecule has 3 heterocycles. The molecule has 0 aliphatic carbocycles. The first kappa shape index (κ1) is 15.5. The van der Waals surface area contributed by atoms with Crippen LogP contribution in [0.5, 0.6) is 0 Å². The van der Waals surface area contributed by atoms with E-state index < -0.39 is 0 Å². The van der Waals surface area contributed by atoms with Crippen LogP contribution in [0, 0.1) is 11.7 Å². The van der Waals surface area contributed by atoms with Crippen molar-refractivity contribution in [2.45, 2.75) is 20.0 Å². The lowest BCUT2D eigenvalue weighted by Crippen LogP contribution is -2.07. The predicted octanol–water partition coefficient (Wildman–Crippen LogP) is 2.73. The van der Waals surface area contributed by atoms with Crippen LogP contribution in [0.25, 0.3) is 5.69 Å². The van der Waals surface area contributed by atoms with E-state index in [9.17, 15) is 0 Å². The number of hydrogen-bond donors (Lipinski definition) is 1. The number of nitrogens with zero attached hydrogens (tertiary/aromatic N) is 6. The summed E-state index contributed by atoms with van der Waals surface area (Å²) in [5, 5.41) is 15.8. The quantitative estimate of drug-likeness (QED) is 0.561. The molecule has 3 aromatic heterocycles. The summed E-state index contributed by atoms with van der Waals surface area (Å²) in [4.78, 5) is 0. The fourth-order valence-electron chi connectivity index (χ4n) is 2.68. The Bertz CT molecular complexity index is 1020. The Kier molecular flexibility index (Phi) is 4.02. The highest BCUT2D eigenvalue weighted by atomic mass is 32.1. The van der Waals surface area contributed by atoms with Gasteiger partial charge in [0, 0.05) is 18.6 Å². The van der Waals surface area contributed by atoms with E-state index >= 15 is 0 Å². The second-order valence-electron chi connectivity index (χ2n) is 5.87. The molecule has 0 saturated carbocycles. The van der Waals surface area contributed by atoms with Gasteiger partial charge in [0.1, 0.15) is 6.54 Å². The topological polar surface area (TPSA) is 69.2 Å². The van der Waals surface area contributed by atoms with Gasteiger partial charge in [-0.2, -0.15) is 15.3 Å². The van der Waals surface area contributed by atoms with E-state index in [1.54, 1.807) is 17.1 Å². The maximum Gasteiger partial charge on any atom is 0.200 e. The molecule has 126 valence electrons. The zero-order valence-corrected chi connectivity index (χ0v) is 14.5. The van der Waals surface area contributed by atoms with Gasteiger partial charge >= 0.3 is 0 Å². The Labute approximate surface area is 149 Å². The van der Waals surface area contributed by atoms with Crippen LogP contribution in [-0.4, -0.2) is 34.3 Å². The number of aromatic nitrogens is 7. The van der Waals surface area contributed by atoms with Crippen LogP contribution in [-0.2, 0) is 13.1 Å². The summed E-state index contributed by atoms with van der Waals surface area (Å²) in [6.45, 7) is 3.32. The molecule has 0 bridgehead atoms. The maximum absolute atomic E-state index is 5.38. The first-order valence-electron chi connectivity index (χ1n) is 7.91. The predicted molar refractivity (Wildman–Crippen MR) is 96.1 cm³/mol. The fourth-order valence-corrected chi connectivity index (χ4v) is 2.93. The normalized spacial score (nSPS) is 11.1. The van der Waals surface area contributed by atoms with Gasteiger partial charge in [-0.25, -0.2) is 0 Å². The third-order valence-corrected chi connectivity index (χ3v) is 4.22. The molecule has 0 fully saturated rings. The summed E-state index contributed by atoms with van der Waals surface area (Å²) in [5.41, 5.74) is 3.33. The third-order valence-electron chi connectivity index (χ3n) is 3.95. The minimum atomic E-state index is 0.531. The van der Waals surface area contributed by atoms with Gasteiger partial charge in [0.2, 0.25) is 0 Å². The number of aromatic amines is 1. The lowest BCUT2D eigenvalue weighted by atomic mass is 10.1. The van der Waals surface area contributed by atoms with Crippen LogP contribution in [0.1, 0.15) is 17.0 Å². The number of benzene rings is 1. The lowest BCUT2D eigenvalue weighted by molar-refractivity contribution is 0.643. The van der Waals surface area contributed by atoms with Crippen molar-refractivity contribution in [2.24, 2.45) is 0 Å². The van der Waals surface area contributed by atoms with Gasteiger partial charge in [0.15, 0.2) is 10.6 Å². The highest BCUT2D eigenvalue weighted by Crippen LogP contribution is 2.13. The Morgan fingerprint density at radius 3 is 2.68 bits per heavy atom. The Hall–Kier alpha value is -3.00. The second kappa shape index (κ2) is 6.48. The molecular formula is C17H17N7S. The molecule has 0 atom stereocenters. The molecule has 0 unspecified atom stereocenters. The molecule has 8 heteroatoms. The van der Waals surface area contributed by atoms with E-state index in [2.05, 4.69) is 51.6 Å². The molecule has 4 aromatic rings. The molecule has 0 radical (unpaired) electrons. The summed E-state index contributed by atoms with van der Waals surface area (Å²) < 4.78 is 6.12. The molecule has 1 N–H and O–H groups in total. The number of H-pyrrole nitrogens is 1. The maximum atomic E-state index is 5.38. The van der Waals surface area contributed by atoms with Gasteiger partial charge in [-0.05, 0) is 30.8 Å². The molecule has 0 aliphatic rings. The van der Waals surface area contributed by atoms with Gasteiger partial charge in [0.25, 0.3) is 0 Å². The highest BCUT2D eigenvalue weighted by molar-refractivity contribution is 7.71. The first-order valence-corrected chi connectivity index (χ1v) is 8.32. The van der Waals surface area contributed by atoms with E-state index in [0.717, 1.165) is 11.5 Å². The first-order chi connectivity index (χ1) is 12.2. The Morgan fingerprint density at radius 2 is 1.92 bits per heavy atom. The van der Waals surface area contributed by atoms with Crippen LogP contribution in [0.2, 0.25) is 0 Å². The van der Waals surface area contributed by atoms with Gasteiger partial charge in [-0.1, -0.05) is 29.8 Å². The molecule has 0 spiro atoms. The van der Waals surface area contributed by atoms with E-state index in [0.29, 0.717) is 17.9 Å². The minimum Gasteiger partial charge on any atom is -0.267 e. The van der Waals surface area contributed by atoms with E-state index in [1.807, 2.05) is 27.7 Å². The van der Waals surface area contributed by atoms with Gasteiger partial charge < -0.3 is 0 Å². The van der Waals surface area contributed by atoms with Crippen molar-refractivity contribution in [2.75, 3.05) is 0 Å². The van der Waals surface area contributed by atoms with Crippen LogP contribution >= 0.6 is 12.2 Å². The average Bonchev–Trinajstić information content (AvgIpc) is 3.33. The van der Waals surface area contributed by atoms with Crippen molar-refractivity contribution >= 4 is 12.2 Å². The standard InChI is InChI=1S/C17H17N7S/c1-13-3-5-14(6-4-13)10-23-11-15(9-19-23)24-16(20-21-17(24)25)12-22-8-2-7-18-22/h2-9,11H,10,12H2,1H3,(H,21,25). The monoisotopic (exact) mass is 351 g/mol. The minimum absolute atomic E-state index is 0.531. The van der Waals surface area contributed by atoms with Crippen LogP contribution in [0.15, 0.2) is 55.1 Å². The summed E-state index contributed by atoms with van der Waals surface area (Å²) in [5.74, 6) is 0.781. The van der Waals surface area contributed by atoms with Crippen molar-refractivity contribution in [1.82, 2.24) is 34.3 Å². The number of aryl methyl sites for hydroxylation is 1. The molecule has 1 aromatic carbocycles. The van der Waals surface area contributed by atoms with Gasteiger partial charge in [0.05, 0.1) is 18.4 Å². The summed E-state index contributed by atoms with van der Waals surface area (Å²) in [6.07, 6.45) is 7.40. The summed E-state index contributed by atoms with van der Waals surface area (Å²) >= 11 is 5.38. The molecular weight excluding hydrogens is 334 g/mol. The molecule has 4 rings (SSSR count). The van der Waals surface area contributed by atoms with E-state index in [1.165, 1.54) is 11.1 Å². The molecule has 0 amide bonds. The molecule has 7 nitrogen and oxygen atoms in total. The molecule has 25 heavy (non-hydrogen) atoms. The molecule has 0 saturated heterocycles. The zero-order chi connectivity index (χ0) is 17.2. The number of rotatable bonds is 5. The fraction of sp³-hybridized carbons (Fsp3) is 0.176. The largest absolute Gasteiger partial charge is 0.267 e. The van der Waals surface area contributed by atoms with Crippen molar-refractivity contribution in [3.05, 3.63) is 76.8 Å². The zero-order valence-electron chi connectivity index (χ0n) is 13.7. The van der Waals surface area contributed by atoms with Crippen molar-refractivity contribution in [3.8, 4) is 5.69 Å². The average molecular weight is 351 g/mol. The van der Waals surface area contributed by atoms with Crippen LogP contribution in [0.4, 0.5) is 0 Å². The number of nitrogens with one attached hydrogen (secondary N) is 1. The van der Waals surface area contributed by atoms with Crippen molar-refractivity contribution < 1.29 is 0 Å². The summed E-state index contributed by atoms with van der Waals surface area (Å²) in [7, 11) is 0. The van der Waals surface area contributed by atoms with Crippen molar-refractivity contribution in [3.63, 3.8) is 0 Å². The SMILES string of the molecule is Cc1ccc(Cn2cc(-n3c(Cn4cccn4)n[nH]c3=S)cn2)cc1. The third kappa shape index (κ3) is 3.29. The molecule has 0 aliphatic heterocycles.